The zero-order valence-electron chi connectivity index (χ0n) is 13.9. The van der Waals surface area contributed by atoms with E-state index in [1.807, 2.05) is 0 Å². The number of rotatable bonds is 7. The molecule has 0 saturated carbocycles. The predicted molar refractivity (Wildman–Crippen MR) is 86.6 cm³/mol. The molecule has 1 saturated heterocycles. The predicted octanol–water partition coefficient (Wildman–Crippen LogP) is 3.11. The van der Waals surface area contributed by atoms with Gasteiger partial charge in [-0.2, -0.15) is 0 Å². The molecule has 0 amide bonds. The van der Waals surface area contributed by atoms with Crippen molar-refractivity contribution >= 4 is 9.84 Å². The molecule has 20 heavy (non-hydrogen) atoms. The molecule has 1 heterocycles. The summed E-state index contributed by atoms with van der Waals surface area (Å²) in [7, 11) is -2.76. The normalized spacial score (nSPS) is 24.2. The van der Waals surface area contributed by atoms with Crippen LogP contribution in [-0.2, 0) is 9.84 Å². The highest BCUT2D eigenvalue weighted by Crippen LogP contribution is 2.32. The third kappa shape index (κ3) is 7.07. The summed E-state index contributed by atoms with van der Waals surface area (Å²) < 4.78 is 23.4. The molecule has 3 nitrogen and oxygen atoms in total. The van der Waals surface area contributed by atoms with E-state index in [4.69, 9.17) is 0 Å². The summed E-state index contributed by atoms with van der Waals surface area (Å²) in [5.74, 6) is 2.32. The van der Waals surface area contributed by atoms with Crippen LogP contribution in [0, 0.1) is 23.2 Å². The van der Waals surface area contributed by atoms with Crippen molar-refractivity contribution < 1.29 is 8.42 Å². The summed E-state index contributed by atoms with van der Waals surface area (Å²) in [6, 6.07) is 0. The lowest BCUT2D eigenvalue weighted by Crippen LogP contribution is -2.32. The van der Waals surface area contributed by atoms with E-state index in [0.29, 0.717) is 34.7 Å². The lowest BCUT2D eigenvalue weighted by atomic mass is 9.81. The van der Waals surface area contributed by atoms with Gasteiger partial charge in [0.1, 0.15) is 0 Å². The SMILES string of the molecule is CC(C)CNCC(CCC(C)(C)C)C1CCS(=O)(=O)C1. The van der Waals surface area contributed by atoms with E-state index >= 15 is 0 Å². The number of sulfone groups is 1. The molecule has 1 aliphatic rings. The fourth-order valence-corrected chi connectivity index (χ4v) is 4.80. The molecule has 0 aromatic carbocycles. The van der Waals surface area contributed by atoms with Crippen LogP contribution in [-0.4, -0.2) is 33.0 Å². The summed E-state index contributed by atoms with van der Waals surface area (Å²) >= 11 is 0. The van der Waals surface area contributed by atoms with Crippen LogP contribution in [0.4, 0.5) is 0 Å². The Hall–Kier alpha value is -0.0900. The van der Waals surface area contributed by atoms with E-state index in [9.17, 15) is 8.42 Å². The molecule has 2 unspecified atom stereocenters. The van der Waals surface area contributed by atoms with E-state index in [1.54, 1.807) is 0 Å². The monoisotopic (exact) mass is 303 g/mol. The third-order valence-corrected chi connectivity index (χ3v) is 5.95. The average Bonchev–Trinajstić information content (AvgIpc) is 2.62. The van der Waals surface area contributed by atoms with Gasteiger partial charge in [0, 0.05) is 0 Å². The Morgan fingerprint density at radius 1 is 1.20 bits per heavy atom. The van der Waals surface area contributed by atoms with Crippen LogP contribution in [0.15, 0.2) is 0 Å². The summed E-state index contributed by atoms with van der Waals surface area (Å²) in [6.07, 6.45) is 3.16. The average molecular weight is 304 g/mol. The molecular weight excluding hydrogens is 270 g/mol. The molecule has 1 aliphatic heterocycles. The van der Waals surface area contributed by atoms with Crippen LogP contribution < -0.4 is 5.32 Å². The number of nitrogens with one attached hydrogen (secondary N) is 1. The highest BCUT2D eigenvalue weighted by molar-refractivity contribution is 7.91. The van der Waals surface area contributed by atoms with Crippen molar-refractivity contribution in [3.8, 4) is 0 Å². The van der Waals surface area contributed by atoms with E-state index in [1.165, 1.54) is 0 Å². The largest absolute Gasteiger partial charge is 0.316 e. The highest BCUT2D eigenvalue weighted by atomic mass is 32.2. The van der Waals surface area contributed by atoms with E-state index in [-0.39, 0.29) is 0 Å². The third-order valence-electron chi connectivity index (χ3n) is 4.16. The molecule has 2 atom stereocenters. The van der Waals surface area contributed by atoms with Crippen LogP contribution in [0.3, 0.4) is 0 Å². The van der Waals surface area contributed by atoms with Crippen molar-refractivity contribution in [2.75, 3.05) is 24.6 Å². The van der Waals surface area contributed by atoms with Crippen LogP contribution in [0.5, 0.6) is 0 Å². The van der Waals surface area contributed by atoms with E-state index < -0.39 is 9.84 Å². The van der Waals surface area contributed by atoms with Gasteiger partial charge in [-0.25, -0.2) is 8.42 Å². The molecule has 1 fully saturated rings. The van der Waals surface area contributed by atoms with Gasteiger partial charge in [-0.05, 0) is 55.5 Å². The molecule has 0 radical (unpaired) electrons. The first-order valence-corrected chi connectivity index (χ1v) is 9.82. The maximum Gasteiger partial charge on any atom is 0.150 e. The van der Waals surface area contributed by atoms with Crippen LogP contribution in [0.2, 0.25) is 0 Å². The Morgan fingerprint density at radius 3 is 2.30 bits per heavy atom. The molecule has 120 valence electrons. The zero-order valence-corrected chi connectivity index (χ0v) is 14.7. The summed E-state index contributed by atoms with van der Waals surface area (Å²) in [5.41, 5.74) is 0.327. The molecule has 0 spiro atoms. The van der Waals surface area contributed by atoms with Crippen LogP contribution in [0.1, 0.15) is 53.9 Å². The maximum absolute atomic E-state index is 11.7. The fourth-order valence-electron chi connectivity index (χ4n) is 2.88. The van der Waals surface area contributed by atoms with E-state index in [0.717, 1.165) is 32.4 Å². The maximum atomic E-state index is 11.7. The van der Waals surface area contributed by atoms with Crippen molar-refractivity contribution in [1.82, 2.24) is 5.32 Å². The molecule has 0 aromatic rings. The summed E-state index contributed by atoms with van der Waals surface area (Å²) in [4.78, 5) is 0. The minimum absolute atomic E-state index is 0.327. The Morgan fingerprint density at radius 2 is 1.85 bits per heavy atom. The first-order valence-electron chi connectivity index (χ1n) is 8.00. The fraction of sp³-hybridized carbons (Fsp3) is 1.00. The molecule has 4 heteroatoms. The van der Waals surface area contributed by atoms with Gasteiger partial charge in [0.15, 0.2) is 9.84 Å². The van der Waals surface area contributed by atoms with Crippen LogP contribution >= 0.6 is 0 Å². The standard InChI is InChI=1S/C16H33NO2S/c1-13(2)10-17-11-14(6-8-16(3,4)5)15-7-9-20(18,19)12-15/h13-15,17H,6-12H2,1-5H3. The lowest BCUT2D eigenvalue weighted by molar-refractivity contribution is 0.262. The van der Waals surface area contributed by atoms with Gasteiger partial charge in [-0.15, -0.1) is 0 Å². The zero-order chi connectivity index (χ0) is 15.4. The Labute approximate surface area is 125 Å². The van der Waals surface area contributed by atoms with Gasteiger partial charge in [0.05, 0.1) is 11.5 Å². The quantitative estimate of drug-likeness (QED) is 0.786. The molecular formula is C16H33NO2S. The first kappa shape index (κ1) is 18.0. The summed E-state index contributed by atoms with van der Waals surface area (Å²) in [6.45, 7) is 13.2. The van der Waals surface area contributed by atoms with Crippen molar-refractivity contribution in [2.45, 2.75) is 53.9 Å². The second-order valence-electron chi connectivity index (χ2n) is 8.07. The van der Waals surface area contributed by atoms with Gasteiger partial charge in [-0.3, -0.25) is 0 Å². The Balaban J connectivity index is 2.55. The van der Waals surface area contributed by atoms with Gasteiger partial charge >= 0.3 is 0 Å². The van der Waals surface area contributed by atoms with Crippen molar-refractivity contribution in [2.24, 2.45) is 23.2 Å². The van der Waals surface area contributed by atoms with Crippen molar-refractivity contribution in [3.05, 3.63) is 0 Å². The highest BCUT2D eigenvalue weighted by Gasteiger charge is 2.33. The van der Waals surface area contributed by atoms with E-state index in [2.05, 4.69) is 39.9 Å². The minimum atomic E-state index is -2.76. The first-order chi connectivity index (χ1) is 9.09. The van der Waals surface area contributed by atoms with Crippen LogP contribution in [0.25, 0.3) is 0 Å². The smallest absolute Gasteiger partial charge is 0.150 e. The number of hydrogen-bond donors (Lipinski definition) is 1. The minimum Gasteiger partial charge on any atom is -0.316 e. The topological polar surface area (TPSA) is 46.2 Å². The second-order valence-corrected chi connectivity index (χ2v) is 10.3. The molecule has 0 bridgehead atoms. The Bertz CT molecular complexity index is 382. The second kappa shape index (κ2) is 7.26. The van der Waals surface area contributed by atoms with Gasteiger partial charge in [-0.1, -0.05) is 34.6 Å². The molecule has 1 N–H and O–H groups in total. The summed E-state index contributed by atoms with van der Waals surface area (Å²) in [5, 5.41) is 3.53. The lowest BCUT2D eigenvalue weighted by Gasteiger charge is -2.27. The van der Waals surface area contributed by atoms with Crippen molar-refractivity contribution in [1.29, 1.82) is 0 Å². The van der Waals surface area contributed by atoms with Gasteiger partial charge in [0.2, 0.25) is 0 Å². The molecule has 1 rings (SSSR count). The molecule has 0 aliphatic carbocycles. The molecule has 0 aromatic heterocycles. The van der Waals surface area contributed by atoms with Gasteiger partial charge < -0.3 is 5.32 Å². The van der Waals surface area contributed by atoms with Crippen molar-refractivity contribution in [3.63, 3.8) is 0 Å². The van der Waals surface area contributed by atoms with Gasteiger partial charge in [0.25, 0.3) is 0 Å². The Kier molecular flexibility index (Phi) is 6.52. The number of hydrogen-bond acceptors (Lipinski definition) is 3.